The minimum atomic E-state index is 0.505. The van der Waals surface area contributed by atoms with Crippen LogP contribution in [0.25, 0.3) is 0 Å². The van der Waals surface area contributed by atoms with Crippen LogP contribution < -0.4 is 5.73 Å². The summed E-state index contributed by atoms with van der Waals surface area (Å²) in [7, 11) is 0. The second-order valence-corrected chi connectivity index (χ2v) is 3.49. The maximum absolute atomic E-state index is 5.45. The van der Waals surface area contributed by atoms with Crippen molar-refractivity contribution in [1.29, 1.82) is 0 Å². The molecule has 0 spiro atoms. The first-order chi connectivity index (χ1) is 3.27. The molecule has 0 amide bonds. The second-order valence-electron chi connectivity index (χ2n) is 2.51. The molecule has 0 bridgehead atoms. The Morgan fingerprint density at radius 3 is 2.29 bits per heavy atom. The van der Waals surface area contributed by atoms with Gasteiger partial charge < -0.3 is 5.73 Å². The molecule has 1 aliphatic rings. The summed E-state index contributed by atoms with van der Waals surface area (Å²) < 4.78 is 0. The van der Waals surface area contributed by atoms with E-state index in [-0.39, 0.29) is 0 Å². The van der Waals surface area contributed by atoms with Crippen LogP contribution in [0.1, 0.15) is 6.92 Å². The lowest BCUT2D eigenvalue weighted by Crippen LogP contribution is -2.39. The van der Waals surface area contributed by atoms with Gasteiger partial charge in [-0.15, -0.1) is 0 Å². The van der Waals surface area contributed by atoms with Crippen LogP contribution in [0, 0.1) is 5.41 Å². The molecule has 0 radical (unpaired) electrons. The van der Waals surface area contributed by atoms with E-state index in [0.717, 1.165) is 6.54 Å². The van der Waals surface area contributed by atoms with Gasteiger partial charge in [-0.2, -0.15) is 11.8 Å². The molecular weight excluding hydrogens is 106 g/mol. The van der Waals surface area contributed by atoms with Crippen molar-refractivity contribution < 1.29 is 0 Å². The topological polar surface area (TPSA) is 26.0 Å². The molecule has 0 aliphatic carbocycles. The van der Waals surface area contributed by atoms with E-state index in [9.17, 15) is 0 Å². The first-order valence-corrected chi connectivity index (χ1v) is 3.70. The van der Waals surface area contributed by atoms with Gasteiger partial charge in [-0.3, -0.25) is 0 Å². The van der Waals surface area contributed by atoms with Crippen molar-refractivity contribution >= 4 is 11.8 Å². The van der Waals surface area contributed by atoms with Gasteiger partial charge in [0.2, 0.25) is 0 Å². The molecule has 2 heteroatoms. The molecule has 1 aliphatic heterocycles. The third-order valence-electron chi connectivity index (χ3n) is 1.39. The van der Waals surface area contributed by atoms with E-state index in [2.05, 4.69) is 6.92 Å². The molecule has 0 saturated carbocycles. The molecular formula is C5H11NS. The number of hydrogen-bond acceptors (Lipinski definition) is 2. The SMILES string of the molecule is CC1(CN)CSC1. The molecule has 0 aromatic heterocycles. The summed E-state index contributed by atoms with van der Waals surface area (Å²) in [5, 5.41) is 0. The molecule has 2 N–H and O–H groups in total. The van der Waals surface area contributed by atoms with Crippen LogP contribution in [0.2, 0.25) is 0 Å². The van der Waals surface area contributed by atoms with E-state index in [1.807, 2.05) is 11.8 Å². The van der Waals surface area contributed by atoms with Gasteiger partial charge in [-0.1, -0.05) is 6.92 Å². The summed E-state index contributed by atoms with van der Waals surface area (Å²) in [4.78, 5) is 0. The van der Waals surface area contributed by atoms with Crippen molar-refractivity contribution in [3.05, 3.63) is 0 Å². The van der Waals surface area contributed by atoms with Crippen molar-refractivity contribution in [2.24, 2.45) is 11.1 Å². The average molecular weight is 117 g/mol. The van der Waals surface area contributed by atoms with Gasteiger partial charge in [-0.25, -0.2) is 0 Å². The van der Waals surface area contributed by atoms with Crippen LogP contribution in [-0.4, -0.2) is 18.1 Å². The van der Waals surface area contributed by atoms with Crippen LogP contribution >= 0.6 is 11.8 Å². The molecule has 1 nitrogen and oxygen atoms in total. The molecule has 1 rings (SSSR count). The van der Waals surface area contributed by atoms with E-state index >= 15 is 0 Å². The number of nitrogens with two attached hydrogens (primary N) is 1. The first kappa shape index (κ1) is 5.45. The average Bonchev–Trinajstić information content (AvgIpc) is 1.61. The lowest BCUT2D eigenvalue weighted by molar-refractivity contribution is 0.422. The lowest BCUT2D eigenvalue weighted by atomic mass is 9.96. The third-order valence-corrected chi connectivity index (χ3v) is 3.20. The molecule has 7 heavy (non-hydrogen) atoms. The zero-order valence-electron chi connectivity index (χ0n) is 4.61. The maximum Gasteiger partial charge on any atom is 0.000676 e. The fourth-order valence-electron chi connectivity index (χ4n) is 0.568. The summed E-state index contributed by atoms with van der Waals surface area (Å²) in [6.45, 7) is 3.10. The Hall–Kier alpha value is 0.310. The van der Waals surface area contributed by atoms with Gasteiger partial charge >= 0.3 is 0 Å². The second kappa shape index (κ2) is 1.67. The van der Waals surface area contributed by atoms with Crippen LogP contribution in [0.15, 0.2) is 0 Å². The maximum atomic E-state index is 5.45. The fraction of sp³-hybridized carbons (Fsp3) is 1.00. The minimum Gasteiger partial charge on any atom is -0.330 e. The summed E-state index contributed by atoms with van der Waals surface area (Å²) in [5.74, 6) is 2.53. The molecule has 1 fully saturated rings. The van der Waals surface area contributed by atoms with Crippen molar-refractivity contribution in [2.75, 3.05) is 18.1 Å². The summed E-state index contributed by atoms with van der Waals surface area (Å²) in [5.41, 5.74) is 5.96. The quantitative estimate of drug-likeness (QED) is 0.547. The van der Waals surface area contributed by atoms with Crippen molar-refractivity contribution in [3.63, 3.8) is 0 Å². The van der Waals surface area contributed by atoms with E-state index < -0.39 is 0 Å². The van der Waals surface area contributed by atoms with Gasteiger partial charge in [0.1, 0.15) is 0 Å². The van der Waals surface area contributed by atoms with Crippen LogP contribution in [0.4, 0.5) is 0 Å². The molecule has 0 aromatic carbocycles. The minimum absolute atomic E-state index is 0.505. The van der Waals surface area contributed by atoms with Gasteiger partial charge in [-0.05, 0) is 12.0 Å². The smallest absolute Gasteiger partial charge is 0.000676 e. The van der Waals surface area contributed by atoms with Gasteiger partial charge in [0, 0.05) is 11.5 Å². The Labute approximate surface area is 48.7 Å². The fourth-order valence-corrected chi connectivity index (χ4v) is 1.71. The summed E-state index contributed by atoms with van der Waals surface area (Å²) in [6, 6.07) is 0. The van der Waals surface area contributed by atoms with Gasteiger partial charge in [0.05, 0.1) is 0 Å². The highest BCUT2D eigenvalue weighted by Gasteiger charge is 2.30. The zero-order valence-corrected chi connectivity index (χ0v) is 5.42. The monoisotopic (exact) mass is 117 g/mol. The Bertz CT molecular complexity index is 63.0. The number of hydrogen-bond donors (Lipinski definition) is 1. The van der Waals surface area contributed by atoms with E-state index in [1.165, 1.54) is 11.5 Å². The Balaban J connectivity index is 2.29. The summed E-state index contributed by atoms with van der Waals surface area (Å²) >= 11 is 1.99. The molecule has 42 valence electrons. The highest BCUT2D eigenvalue weighted by Crippen LogP contribution is 2.35. The van der Waals surface area contributed by atoms with Crippen molar-refractivity contribution in [1.82, 2.24) is 0 Å². The van der Waals surface area contributed by atoms with Crippen LogP contribution in [-0.2, 0) is 0 Å². The highest BCUT2D eigenvalue weighted by molar-refractivity contribution is 8.00. The molecule has 1 heterocycles. The molecule has 0 unspecified atom stereocenters. The lowest BCUT2D eigenvalue weighted by Gasteiger charge is -2.36. The largest absolute Gasteiger partial charge is 0.330 e. The van der Waals surface area contributed by atoms with Gasteiger partial charge in [0.25, 0.3) is 0 Å². The third kappa shape index (κ3) is 0.916. The summed E-state index contributed by atoms with van der Waals surface area (Å²) in [6.07, 6.45) is 0. The van der Waals surface area contributed by atoms with Crippen molar-refractivity contribution in [3.8, 4) is 0 Å². The zero-order chi connectivity index (χ0) is 5.33. The van der Waals surface area contributed by atoms with E-state index in [0.29, 0.717) is 5.41 Å². The molecule has 0 atom stereocenters. The Morgan fingerprint density at radius 1 is 1.71 bits per heavy atom. The Kier molecular flexibility index (Phi) is 1.30. The standard InChI is InChI=1S/C5H11NS/c1-5(2-6)3-7-4-5/h2-4,6H2,1H3. The normalized spacial score (nSPS) is 26.6. The highest BCUT2D eigenvalue weighted by atomic mass is 32.2. The number of rotatable bonds is 1. The van der Waals surface area contributed by atoms with E-state index in [1.54, 1.807) is 0 Å². The van der Waals surface area contributed by atoms with Crippen molar-refractivity contribution in [2.45, 2.75) is 6.92 Å². The van der Waals surface area contributed by atoms with Crippen LogP contribution in [0.5, 0.6) is 0 Å². The van der Waals surface area contributed by atoms with Crippen LogP contribution in [0.3, 0.4) is 0 Å². The molecule has 0 aromatic rings. The predicted octanol–water partition coefficient (Wildman–Crippen LogP) is 0.698. The molecule has 1 saturated heterocycles. The predicted molar refractivity (Wildman–Crippen MR) is 34.5 cm³/mol. The number of thioether (sulfide) groups is 1. The Morgan fingerprint density at radius 2 is 2.29 bits per heavy atom. The first-order valence-electron chi connectivity index (χ1n) is 2.55. The van der Waals surface area contributed by atoms with Gasteiger partial charge in [0.15, 0.2) is 0 Å². The van der Waals surface area contributed by atoms with E-state index in [4.69, 9.17) is 5.73 Å².